The van der Waals surface area contributed by atoms with Crippen molar-refractivity contribution in [3.05, 3.63) is 166 Å². The van der Waals surface area contributed by atoms with Gasteiger partial charge in [-0.15, -0.1) is 0 Å². The number of aliphatic carboxylic acids is 1. The van der Waals surface area contributed by atoms with Crippen molar-refractivity contribution in [2.24, 2.45) is 0 Å². The lowest BCUT2D eigenvalue weighted by Gasteiger charge is -2.39. The van der Waals surface area contributed by atoms with Crippen molar-refractivity contribution in [2.75, 3.05) is 4.90 Å². The largest absolute Gasteiger partial charge is 0.480 e. The van der Waals surface area contributed by atoms with Crippen LogP contribution < -0.4 is 10.2 Å². The van der Waals surface area contributed by atoms with Gasteiger partial charge in [0.2, 0.25) is 5.91 Å². The van der Waals surface area contributed by atoms with Crippen LogP contribution in [0.2, 0.25) is 5.02 Å². The highest BCUT2D eigenvalue weighted by Gasteiger charge is 2.45. The number of carboxylic acid groups (broad SMARTS) is 1. The normalized spacial score (nSPS) is 14.7. The molecule has 0 fully saturated rings. The summed E-state index contributed by atoms with van der Waals surface area (Å²) in [4.78, 5) is 28.1. The third kappa shape index (κ3) is 5.08. The summed E-state index contributed by atoms with van der Waals surface area (Å²) in [5.41, 5.74) is 4.24. The molecule has 6 heteroatoms. The first-order chi connectivity index (χ1) is 21.2. The molecule has 5 nitrogen and oxygen atoms in total. The molecule has 1 atom stereocenters. The fourth-order valence-corrected chi connectivity index (χ4v) is 6.54. The van der Waals surface area contributed by atoms with Crippen LogP contribution in [0.15, 0.2) is 133 Å². The number of carbonyl (C=O) groups is 2. The maximum atomic E-state index is 13.5. The molecule has 6 rings (SSSR count). The second-order valence-electron chi connectivity index (χ2n) is 11.7. The molecular formula is C38H33ClN2O3. The van der Waals surface area contributed by atoms with Gasteiger partial charge in [-0.25, -0.2) is 0 Å². The number of nitrogens with one attached hydrogen (secondary N) is 1. The van der Waals surface area contributed by atoms with Gasteiger partial charge in [-0.3, -0.25) is 19.8 Å². The molecule has 1 aliphatic heterocycles. The van der Waals surface area contributed by atoms with E-state index in [4.69, 9.17) is 11.6 Å². The van der Waals surface area contributed by atoms with Gasteiger partial charge < -0.3 is 5.11 Å². The van der Waals surface area contributed by atoms with Gasteiger partial charge in [0.25, 0.3) is 0 Å². The van der Waals surface area contributed by atoms with Gasteiger partial charge in [-0.1, -0.05) is 127 Å². The summed E-state index contributed by atoms with van der Waals surface area (Å²) >= 11 is 6.59. The summed E-state index contributed by atoms with van der Waals surface area (Å²) in [5, 5.41) is 14.7. The Balaban J connectivity index is 1.37. The number of amides is 1. The molecule has 0 radical (unpaired) electrons. The van der Waals surface area contributed by atoms with E-state index in [1.165, 1.54) is 0 Å². The standard InChI is InChI=1S/C38H33ClN2O3/c1-37(2)31-19-12-20-32(39)34(31)41(36(37)44)30-23-21-26(22-24-30)25-33(35(42)43)40-38(27-13-6-3-7-14-27,28-15-8-4-9-16-28)29-17-10-5-11-18-29/h3-24,33,40H,25H2,1-2H3,(H,42,43). The summed E-state index contributed by atoms with van der Waals surface area (Å²) < 4.78 is 0. The lowest BCUT2D eigenvalue weighted by atomic mass is 9.76. The van der Waals surface area contributed by atoms with Gasteiger partial charge in [-0.2, -0.15) is 0 Å². The van der Waals surface area contributed by atoms with E-state index in [2.05, 4.69) is 5.32 Å². The molecule has 0 spiro atoms. The number of halogens is 1. The first kappa shape index (κ1) is 29.4. The number of rotatable bonds is 9. The van der Waals surface area contributed by atoms with Crippen molar-refractivity contribution in [1.29, 1.82) is 0 Å². The molecule has 1 amide bonds. The smallest absolute Gasteiger partial charge is 0.321 e. The predicted octanol–water partition coefficient (Wildman–Crippen LogP) is 7.87. The first-order valence-electron chi connectivity index (χ1n) is 14.6. The molecule has 1 unspecified atom stereocenters. The fourth-order valence-electron chi connectivity index (χ4n) is 6.28. The molecular weight excluding hydrogens is 568 g/mol. The van der Waals surface area contributed by atoms with E-state index in [9.17, 15) is 14.7 Å². The van der Waals surface area contributed by atoms with Crippen molar-refractivity contribution >= 4 is 34.9 Å². The van der Waals surface area contributed by atoms with Crippen molar-refractivity contribution in [2.45, 2.75) is 37.3 Å². The van der Waals surface area contributed by atoms with E-state index in [-0.39, 0.29) is 12.3 Å². The minimum absolute atomic E-state index is 0.0585. The third-order valence-corrected chi connectivity index (χ3v) is 8.87. The Bertz CT molecular complexity index is 1690. The molecule has 44 heavy (non-hydrogen) atoms. The van der Waals surface area contributed by atoms with Gasteiger partial charge in [0.15, 0.2) is 0 Å². The number of carbonyl (C=O) groups excluding carboxylic acids is 1. The van der Waals surface area contributed by atoms with Gasteiger partial charge in [0.1, 0.15) is 6.04 Å². The van der Waals surface area contributed by atoms with Crippen LogP contribution in [0.25, 0.3) is 0 Å². The number of anilines is 2. The lowest BCUT2D eigenvalue weighted by Crippen LogP contribution is -2.53. The van der Waals surface area contributed by atoms with Crippen LogP contribution in [0.1, 0.15) is 41.7 Å². The zero-order chi connectivity index (χ0) is 30.9. The van der Waals surface area contributed by atoms with Crippen molar-refractivity contribution in [1.82, 2.24) is 5.32 Å². The van der Waals surface area contributed by atoms with Crippen LogP contribution in [0, 0.1) is 0 Å². The van der Waals surface area contributed by atoms with Crippen LogP contribution >= 0.6 is 11.6 Å². The highest BCUT2D eigenvalue weighted by atomic mass is 35.5. The van der Waals surface area contributed by atoms with E-state index in [0.717, 1.165) is 27.8 Å². The van der Waals surface area contributed by atoms with E-state index in [1.54, 1.807) is 11.0 Å². The molecule has 1 heterocycles. The molecule has 0 aromatic heterocycles. The maximum Gasteiger partial charge on any atom is 0.321 e. The van der Waals surface area contributed by atoms with E-state index in [1.807, 2.05) is 141 Å². The maximum absolute atomic E-state index is 13.5. The second kappa shape index (κ2) is 11.8. The molecule has 1 aliphatic rings. The summed E-state index contributed by atoms with van der Waals surface area (Å²) in [6.07, 6.45) is 0.223. The van der Waals surface area contributed by atoms with E-state index < -0.39 is 23.0 Å². The third-order valence-electron chi connectivity index (χ3n) is 8.57. The molecule has 5 aromatic carbocycles. The second-order valence-corrected chi connectivity index (χ2v) is 12.1. The molecule has 5 aromatic rings. The van der Waals surface area contributed by atoms with Crippen LogP contribution in [0.4, 0.5) is 11.4 Å². The summed E-state index contributed by atoms with van der Waals surface area (Å²) in [6.45, 7) is 3.81. The predicted molar refractivity (Wildman–Crippen MR) is 176 cm³/mol. The number of carboxylic acids is 1. The summed E-state index contributed by atoms with van der Waals surface area (Å²) in [5.74, 6) is -1.02. The molecule has 0 bridgehead atoms. The van der Waals surface area contributed by atoms with Crippen LogP contribution in [-0.2, 0) is 27.0 Å². The lowest BCUT2D eigenvalue weighted by molar-refractivity contribution is -0.139. The minimum atomic E-state index is -0.960. The molecule has 0 saturated heterocycles. The minimum Gasteiger partial charge on any atom is -0.480 e. The summed E-state index contributed by atoms with van der Waals surface area (Å²) in [7, 11) is 0. The average Bonchev–Trinajstić information content (AvgIpc) is 3.26. The van der Waals surface area contributed by atoms with Crippen molar-refractivity contribution in [3.63, 3.8) is 0 Å². The average molecular weight is 601 g/mol. The van der Waals surface area contributed by atoms with Crippen molar-refractivity contribution in [3.8, 4) is 0 Å². The highest BCUT2D eigenvalue weighted by Crippen LogP contribution is 2.48. The Morgan fingerprint density at radius 3 is 1.75 bits per heavy atom. The Hall–Kier alpha value is -4.71. The number of benzene rings is 5. The zero-order valence-electron chi connectivity index (χ0n) is 24.6. The Morgan fingerprint density at radius 1 is 0.773 bits per heavy atom. The SMILES string of the molecule is CC1(C)C(=O)N(c2ccc(CC(NC(c3ccccc3)(c3ccccc3)c3ccccc3)C(=O)O)cc2)c2c(Cl)cccc21. The fraction of sp³-hybridized carbons (Fsp3) is 0.158. The Labute approximate surface area is 262 Å². The Morgan fingerprint density at radius 2 is 1.27 bits per heavy atom. The van der Waals surface area contributed by atoms with Crippen LogP contribution in [0.5, 0.6) is 0 Å². The summed E-state index contributed by atoms with van der Waals surface area (Å²) in [6, 6.07) is 42.0. The van der Waals surface area contributed by atoms with Gasteiger partial charge in [-0.05, 0) is 66.3 Å². The van der Waals surface area contributed by atoms with Gasteiger partial charge in [0.05, 0.1) is 21.7 Å². The van der Waals surface area contributed by atoms with Gasteiger partial charge in [0, 0.05) is 5.69 Å². The van der Waals surface area contributed by atoms with Crippen LogP contribution in [0.3, 0.4) is 0 Å². The number of hydrogen-bond donors (Lipinski definition) is 2. The number of fused-ring (bicyclic) bond motifs is 1. The highest BCUT2D eigenvalue weighted by molar-refractivity contribution is 6.35. The monoisotopic (exact) mass is 600 g/mol. The molecule has 0 aliphatic carbocycles. The van der Waals surface area contributed by atoms with Crippen molar-refractivity contribution < 1.29 is 14.7 Å². The number of hydrogen-bond acceptors (Lipinski definition) is 3. The van der Waals surface area contributed by atoms with Gasteiger partial charge >= 0.3 is 5.97 Å². The van der Waals surface area contributed by atoms with E-state index >= 15 is 0 Å². The number of para-hydroxylation sites is 1. The zero-order valence-corrected chi connectivity index (χ0v) is 25.3. The van der Waals surface area contributed by atoms with Crippen LogP contribution in [-0.4, -0.2) is 23.0 Å². The first-order valence-corrected chi connectivity index (χ1v) is 15.0. The Kier molecular flexibility index (Phi) is 7.85. The molecule has 220 valence electrons. The quantitative estimate of drug-likeness (QED) is 0.169. The topological polar surface area (TPSA) is 69.6 Å². The van der Waals surface area contributed by atoms with E-state index in [0.29, 0.717) is 16.4 Å². The molecule has 0 saturated carbocycles. The number of nitrogens with zero attached hydrogens (tertiary/aromatic N) is 1. The molecule has 2 N–H and O–H groups in total.